The van der Waals surface area contributed by atoms with E-state index in [4.69, 9.17) is 5.73 Å². The van der Waals surface area contributed by atoms with Crippen LogP contribution in [0.2, 0.25) is 0 Å². The molecule has 0 aromatic heterocycles. The Morgan fingerprint density at radius 2 is 1.50 bits per heavy atom. The molecule has 1 aliphatic rings. The lowest BCUT2D eigenvalue weighted by molar-refractivity contribution is 0.0893. The van der Waals surface area contributed by atoms with Crippen molar-refractivity contribution in [2.75, 3.05) is 10.6 Å². The number of carbonyl (C=O) groups excluding carboxylic acids is 3. The monoisotopic (exact) mass is 316 g/mol. The van der Waals surface area contributed by atoms with Crippen molar-refractivity contribution in [2.45, 2.75) is 0 Å². The van der Waals surface area contributed by atoms with Crippen LogP contribution in [0.3, 0.4) is 0 Å². The topological polar surface area (TPSA) is 80.5 Å². The normalized spacial score (nSPS) is 13.4. The molecule has 4 rings (SSSR count). The Kier molecular flexibility index (Phi) is 2.96. The lowest BCUT2D eigenvalue weighted by atomic mass is 9.93. The number of hydrogen-bond acceptors (Lipinski definition) is 4. The fourth-order valence-corrected chi connectivity index (χ4v) is 3.06. The maximum atomic E-state index is 12.9. The minimum atomic E-state index is -0.400. The predicted molar refractivity (Wildman–Crippen MR) is 91.3 cm³/mol. The van der Waals surface area contributed by atoms with Crippen LogP contribution in [0, 0.1) is 0 Å². The molecular formula is C19H12N2O3. The Hall–Kier alpha value is -3.47. The van der Waals surface area contributed by atoms with Crippen LogP contribution < -0.4 is 10.6 Å². The smallest absolute Gasteiger partial charge is 0.265 e. The minimum absolute atomic E-state index is 0.400. The quantitative estimate of drug-likeness (QED) is 0.447. The second-order valence-electron chi connectivity index (χ2n) is 5.59. The van der Waals surface area contributed by atoms with Crippen LogP contribution in [0.15, 0.2) is 54.6 Å². The van der Waals surface area contributed by atoms with E-state index >= 15 is 0 Å². The number of anilines is 2. The number of amides is 2. The van der Waals surface area contributed by atoms with Gasteiger partial charge in [-0.25, -0.2) is 4.90 Å². The van der Waals surface area contributed by atoms with Gasteiger partial charge < -0.3 is 5.73 Å². The van der Waals surface area contributed by atoms with Crippen molar-refractivity contribution in [1.82, 2.24) is 0 Å². The molecule has 0 aliphatic carbocycles. The van der Waals surface area contributed by atoms with Crippen LogP contribution in [0.4, 0.5) is 11.4 Å². The maximum Gasteiger partial charge on any atom is 0.265 e. The van der Waals surface area contributed by atoms with Crippen LogP contribution in [0.1, 0.15) is 31.1 Å². The molecule has 3 aromatic carbocycles. The molecule has 1 aliphatic heterocycles. The zero-order valence-electron chi connectivity index (χ0n) is 12.5. The molecule has 0 spiro atoms. The van der Waals surface area contributed by atoms with Gasteiger partial charge in [-0.1, -0.05) is 12.1 Å². The fourth-order valence-electron chi connectivity index (χ4n) is 3.06. The summed E-state index contributed by atoms with van der Waals surface area (Å²) in [6, 6.07) is 14.9. The summed E-state index contributed by atoms with van der Waals surface area (Å²) in [5, 5.41) is 1.29. The van der Waals surface area contributed by atoms with E-state index in [0.717, 1.165) is 4.90 Å². The van der Waals surface area contributed by atoms with Crippen molar-refractivity contribution in [1.29, 1.82) is 0 Å². The van der Waals surface area contributed by atoms with Gasteiger partial charge in [-0.3, -0.25) is 14.4 Å². The Bertz CT molecular complexity index is 1000. The molecular weight excluding hydrogens is 304 g/mol. The van der Waals surface area contributed by atoms with E-state index in [-0.39, 0.29) is 0 Å². The van der Waals surface area contributed by atoms with Gasteiger partial charge in [0, 0.05) is 33.2 Å². The third-order valence-corrected chi connectivity index (χ3v) is 4.23. The number of rotatable bonds is 2. The maximum absolute atomic E-state index is 12.9. The first-order chi connectivity index (χ1) is 11.6. The molecule has 116 valence electrons. The van der Waals surface area contributed by atoms with Crippen molar-refractivity contribution >= 4 is 40.2 Å². The van der Waals surface area contributed by atoms with Crippen LogP contribution in [0.5, 0.6) is 0 Å². The Labute approximate surface area is 137 Å². The van der Waals surface area contributed by atoms with Crippen molar-refractivity contribution in [3.63, 3.8) is 0 Å². The summed E-state index contributed by atoms with van der Waals surface area (Å²) in [7, 11) is 0. The summed E-state index contributed by atoms with van der Waals surface area (Å²) in [6.45, 7) is 0. The van der Waals surface area contributed by atoms with Gasteiger partial charge in [0.1, 0.15) is 6.29 Å². The van der Waals surface area contributed by atoms with E-state index in [1.54, 1.807) is 54.6 Å². The molecule has 3 aromatic rings. The number of benzene rings is 3. The molecule has 0 bridgehead atoms. The summed E-state index contributed by atoms with van der Waals surface area (Å²) in [6.07, 6.45) is 0.711. The molecule has 0 unspecified atom stereocenters. The van der Waals surface area contributed by atoms with E-state index in [1.807, 2.05) is 0 Å². The summed E-state index contributed by atoms with van der Waals surface area (Å²) in [4.78, 5) is 37.7. The Morgan fingerprint density at radius 1 is 0.833 bits per heavy atom. The highest BCUT2D eigenvalue weighted by Gasteiger charge is 2.34. The molecule has 0 atom stereocenters. The second kappa shape index (κ2) is 5.03. The molecule has 2 amide bonds. The van der Waals surface area contributed by atoms with Gasteiger partial charge in [-0.05, 0) is 42.5 Å². The second-order valence-corrected chi connectivity index (χ2v) is 5.59. The van der Waals surface area contributed by atoms with Crippen LogP contribution in [-0.2, 0) is 0 Å². The summed E-state index contributed by atoms with van der Waals surface area (Å²) >= 11 is 0. The van der Waals surface area contributed by atoms with Gasteiger partial charge in [-0.2, -0.15) is 0 Å². The largest absolute Gasteiger partial charge is 0.398 e. The summed E-state index contributed by atoms with van der Waals surface area (Å²) < 4.78 is 0. The highest BCUT2D eigenvalue weighted by atomic mass is 16.2. The molecule has 2 N–H and O–H groups in total. The average Bonchev–Trinajstić information content (AvgIpc) is 2.61. The first-order valence-corrected chi connectivity index (χ1v) is 7.37. The standard InChI is InChI=1S/C19H12N2O3/c20-16-9-8-15-17-13(16)2-1-3-14(17)18(23)21(19(15)24)12-6-4-11(10-22)5-7-12/h1-10H,20H2. The van der Waals surface area contributed by atoms with Gasteiger partial charge in [0.15, 0.2) is 0 Å². The molecule has 0 radical (unpaired) electrons. The van der Waals surface area contributed by atoms with Crippen molar-refractivity contribution in [2.24, 2.45) is 0 Å². The van der Waals surface area contributed by atoms with E-state index in [0.29, 0.717) is 45.1 Å². The van der Waals surface area contributed by atoms with E-state index in [2.05, 4.69) is 0 Å². The van der Waals surface area contributed by atoms with Crippen LogP contribution in [0.25, 0.3) is 10.8 Å². The SMILES string of the molecule is Nc1ccc2c3c(cccc13)C(=O)N(c1ccc(C=O)cc1)C2=O. The van der Waals surface area contributed by atoms with Crippen molar-refractivity contribution in [3.05, 3.63) is 71.3 Å². The third-order valence-electron chi connectivity index (χ3n) is 4.23. The molecule has 0 saturated carbocycles. The predicted octanol–water partition coefficient (Wildman–Crippen LogP) is 3.04. The summed E-state index contributed by atoms with van der Waals surface area (Å²) in [5.74, 6) is -0.801. The number of nitrogen functional groups attached to an aromatic ring is 1. The van der Waals surface area contributed by atoms with Crippen molar-refractivity contribution in [3.8, 4) is 0 Å². The minimum Gasteiger partial charge on any atom is -0.398 e. The first-order valence-electron chi connectivity index (χ1n) is 7.37. The highest BCUT2D eigenvalue weighted by molar-refractivity contribution is 6.36. The highest BCUT2D eigenvalue weighted by Crippen LogP contribution is 2.35. The molecule has 5 heteroatoms. The van der Waals surface area contributed by atoms with Gasteiger partial charge >= 0.3 is 0 Å². The average molecular weight is 316 g/mol. The number of imide groups is 1. The van der Waals surface area contributed by atoms with Crippen LogP contribution in [-0.4, -0.2) is 18.1 Å². The molecule has 0 fully saturated rings. The number of nitrogens with two attached hydrogens (primary N) is 1. The third kappa shape index (κ3) is 1.85. The van der Waals surface area contributed by atoms with Crippen LogP contribution >= 0.6 is 0 Å². The lowest BCUT2D eigenvalue weighted by Gasteiger charge is -2.27. The molecule has 1 heterocycles. The Balaban J connectivity index is 1.94. The lowest BCUT2D eigenvalue weighted by Crippen LogP contribution is -2.40. The zero-order chi connectivity index (χ0) is 16.8. The zero-order valence-corrected chi connectivity index (χ0v) is 12.5. The van der Waals surface area contributed by atoms with E-state index in [9.17, 15) is 14.4 Å². The number of nitrogens with zero attached hydrogens (tertiary/aromatic N) is 1. The fraction of sp³-hybridized carbons (Fsp3) is 0. The molecule has 0 saturated heterocycles. The first kappa shape index (κ1) is 14.1. The number of aldehydes is 1. The number of hydrogen-bond donors (Lipinski definition) is 1. The van der Waals surface area contributed by atoms with Gasteiger partial charge in [0.05, 0.1) is 5.69 Å². The van der Waals surface area contributed by atoms with Gasteiger partial charge in [0.2, 0.25) is 0 Å². The van der Waals surface area contributed by atoms with Gasteiger partial charge in [-0.15, -0.1) is 0 Å². The molecule has 24 heavy (non-hydrogen) atoms. The van der Waals surface area contributed by atoms with Crippen molar-refractivity contribution < 1.29 is 14.4 Å². The summed E-state index contributed by atoms with van der Waals surface area (Å²) in [5.41, 5.74) is 8.28. The Morgan fingerprint density at radius 3 is 2.17 bits per heavy atom. The number of carbonyl (C=O) groups is 3. The molecule has 5 nitrogen and oxygen atoms in total. The van der Waals surface area contributed by atoms with E-state index in [1.165, 1.54) is 0 Å². The van der Waals surface area contributed by atoms with Gasteiger partial charge in [0.25, 0.3) is 11.8 Å². The van der Waals surface area contributed by atoms with E-state index < -0.39 is 11.8 Å².